The molecule has 0 spiro atoms. The highest BCUT2D eigenvalue weighted by atomic mass is 79.9. The normalized spacial score (nSPS) is 11.1. The fourth-order valence-electron chi connectivity index (χ4n) is 1.62. The fourth-order valence-corrected chi connectivity index (χ4v) is 1.88. The van der Waals surface area contributed by atoms with Crippen molar-refractivity contribution in [3.05, 3.63) is 34.3 Å². The van der Waals surface area contributed by atoms with Crippen LogP contribution in [-0.2, 0) is 11.3 Å². The molecule has 0 aliphatic heterocycles. The van der Waals surface area contributed by atoms with Gasteiger partial charge in [-0.3, -0.25) is 0 Å². The Morgan fingerprint density at radius 1 is 1.17 bits per heavy atom. The average molecular weight is 314 g/mol. The quantitative estimate of drug-likeness (QED) is 0.696. The van der Waals surface area contributed by atoms with E-state index in [1.807, 2.05) is 0 Å². The van der Waals surface area contributed by atoms with Crippen LogP contribution in [0.3, 0.4) is 0 Å². The number of unbranched alkanes of at least 4 members (excludes halogenated alkanes) is 1. The first-order valence-electron chi connectivity index (χ1n) is 6.71. The van der Waals surface area contributed by atoms with Crippen LogP contribution in [0.25, 0.3) is 0 Å². The van der Waals surface area contributed by atoms with E-state index in [0.717, 1.165) is 36.5 Å². The maximum Gasteiger partial charge on any atom is 0.0716 e. The monoisotopic (exact) mass is 313 g/mol. The molecule has 0 aromatic heterocycles. The minimum absolute atomic E-state index is 0.715. The van der Waals surface area contributed by atoms with Crippen molar-refractivity contribution in [2.24, 2.45) is 5.92 Å². The molecule has 2 nitrogen and oxygen atoms in total. The predicted molar refractivity (Wildman–Crippen MR) is 80.7 cm³/mol. The Labute approximate surface area is 119 Å². The number of benzene rings is 1. The smallest absolute Gasteiger partial charge is 0.0716 e. The van der Waals surface area contributed by atoms with Gasteiger partial charge in [0.05, 0.1) is 6.61 Å². The summed E-state index contributed by atoms with van der Waals surface area (Å²) in [6, 6.07) is 8.28. The highest BCUT2D eigenvalue weighted by Crippen LogP contribution is 2.11. The standard InChI is InChI=1S/C15H24BrNO/c1-13(2)11-17-9-3-4-10-18-12-14-5-7-15(16)8-6-14/h5-8,13,17H,3-4,9-12H2,1-2H3. The van der Waals surface area contributed by atoms with Crippen molar-refractivity contribution in [2.75, 3.05) is 19.7 Å². The molecule has 0 aliphatic rings. The summed E-state index contributed by atoms with van der Waals surface area (Å²) in [5.74, 6) is 0.735. The zero-order chi connectivity index (χ0) is 13.2. The van der Waals surface area contributed by atoms with Gasteiger partial charge < -0.3 is 10.1 Å². The molecule has 0 unspecified atom stereocenters. The van der Waals surface area contributed by atoms with Gasteiger partial charge in [-0.15, -0.1) is 0 Å². The molecule has 0 saturated heterocycles. The van der Waals surface area contributed by atoms with Crippen LogP contribution in [0.5, 0.6) is 0 Å². The lowest BCUT2D eigenvalue weighted by atomic mass is 10.2. The van der Waals surface area contributed by atoms with Crippen molar-refractivity contribution in [3.63, 3.8) is 0 Å². The Hall–Kier alpha value is -0.380. The number of nitrogens with one attached hydrogen (secondary N) is 1. The second kappa shape index (κ2) is 9.54. The lowest BCUT2D eigenvalue weighted by molar-refractivity contribution is 0.117. The summed E-state index contributed by atoms with van der Waals surface area (Å²) in [4.78, 5) is 0. The number of ether oxygens (including phenoxy) is 1. The fraction of sp³-hybridized carbons (Fsp3) is 0.600. The first-order chi connectivity index (χ1) is 8.68. The molecule has 0 aliphatic carbocycles. The largest absolute Gasteiger partial charge is 0.377 e. The van der Waals surface area contributed by atoms with Crippen LogP contribution in [-0.4, -0.2) is 19.7 Å². The lowest BCUT2D eigenvalue weighted by Crippen LogP contribution is -2.20. The molecule has 102 valence electrons. The molecule has 3 heteroatoms. The summed E-state index contributed by atoms with van der Waals surface area (Å²) >= 11 is 3.42. The predicted octanol–water partition coefficient (Wildman–Crippen LogP) is 3.99. The summed E-state index contributed by atoms with van der Waals surface area (Å²) in [5, 5.41) is 3.44. The molecule has 1 aromatic rings. The van der Waals surface area contributed by atoms with Crippen molar-refractivity contribution in [2.45, 2.75) is 33.3 Å². The van der Waals surface area contributed by atoms with E-state index in [1.54, 1.807) is 0 Å². The second-order valence-corrected chi connectivity index (χ2v) is 5.90. The number of rotatable bonds is 9. The van der Waals surface area contributed by atoms with Gasteiger partial charge in [0.1, 0.15) is 0 Å². The van der Waals surface area contributed by atoms with Gasteiger partial charge in [-0.05, 0) is 49.5 Å². The molecule has 0 radical (unpaired) electrons. The molecule has 0 fully saturated rings. The molecule has 1 N–H and O–H groups in total. The van der Waals surface area contributed by atoms with E-state index in [2.05, 4.69) is 59.4 Å². The van der Waals surface area contributed by atoms with Gasteiger partial charge in [-0.2, -0.15) is 0 Å². The van der Waals surface area contributed by atoms with Crippen LogP contribution in [0.15, 0.2) is 28.7 Å². The van der Waals surface area contributed by atoms with E-state index < -0.39 is 0 Å². The summed E-state index contributed by atoms with van der Waals surface area (Å²) in [6.45, 7) is 8.23. The van der Waals surface area contributed by atoms with Gasteiger partial charge >= 0.3 is 0 Å². The van der Waals surface area contributed by atoms with Crippen molar-refractivity contribution in [3.8, 4) is 0 Å². The molecule has 0 heterocycles. The van der Waals surface area contributed by atoms with Crippen LogP contribution in [0.4, 0.5) is 0 Å². The van der Waals surface area contributed by atoms with Crippen molar-refractivity contribution in [1.29, 1.82) is 0 Å². The van der Waals surface area contributed by atoms with Crippen molar-refractivity contribution >= 4 is 15.9 Å². The van der Waals surface area contributed by atoms with Gasteiger partial charge in [0.25, 0.3) is 0 Å². The maximum atomic E-state index is 5.64. The van der Waals surface area contributed by atoms with Crippen LogP contribution >= 0.6 is 15.9 Å². The Morgan fingerprint density at radius 3 is 2.56 bits per heavy atom. The van der Waals surface area contributed by atoms with Crippen LogP contribution in [0, 0.1) is 5.92 Å². The third kappa shape index (κ3) is 7.85. The summed E-state index contributed by atoms with van der Waals surface area (Å²) in [5.41, 5.74) is 1.23. The first-order valence-corrected chi connectivity index (χ1v) is 7.50. The summed E-state index contributed by atoms with van der Waals surface area (Å²) in [7, 11) is 0. The molecular formula is C15H24BrNO. The zero-order valence-corrected chi connectivity index (χ0v) is 13.0. The Bertz CT molecular complexity index is 311. The van der Waals surface area contributed by atoms with Gasteiger partial charge in [0.2, 0.25) is 0 Å². The van der Waals surface area contributed by atoms with Crippen LogP contribution < -0.4 is 5.32 Å². The first kappa shape index (κ1) is 15.7. The SMILES string of the molecule is CC(C)CNCCCCOCc1ccc(Br)cc1. The molecule has 1 rings (SSSR count). The Balaban J connectivity index is 1.94. The van der Waals surface area contributed by atoms with E-state index in [0.29, 0.717) is 6.61 Å². The Kier molecular flexibility index (Phi) is 8.31. The van der Waals surface area contributed by atoms with Crippen LogP contribution in [0.1, 0.15) is 32.3 Å². The van der Waals surface area contributed by atoms with Gasteiger partial charge in [0, 0.05) is 11.1 Å². The Morgan fingerprint density at radius 2 is 1.89 bits per heavy atom. The van der Waals surface area contributed by atoms with Gasteiger partial charge in [-0.25, -0.2) is 0 Å². The molecule has 0 saturated carbocycles. The van der Waals surface area contributed by atoms with E-state index in [9.17, 15) is 0 Å². The third-order valence-electron chi connectivity index (χ3n) is 2.63. The topological polar surface area (TPSA) is 21.3 Å². The maximum absolute atomic E-state index is 5.64. The van der Waals surface area contributed by atoms with Gasteiger partial charge in [0.15, 0.2) is 0 Å². The number of hydrogen-bond acceptors (Lipinski definition) is 2. The molecule has 0 bridgehead atoms. The van der Waals surface area contributed by atoms with E-state index in [-0.39, 0.29) is 0 Å². The molecule has 18 heavy (non-hydrogen) atoms. The van der Waals surface area contributed by atoms with Crippen molar-refractivity contribution < 1.29 is 4.74 Å². The van der Waals surface area contributed by atoms with Gasteiger partial charge in [-0.1, -0.05) is 41.9 Å². The summed E-state index contributed by atoms with van der Waals surface area (Å²) < 4.78 is 6.76. The average Bonchev–Trinajstić information content (AvgIpc) is 2.34. The molecule has 1 aromatic carbocycles. The molecule has 0 atom stereocenters. The minimum atomic E-state index is 0.715. The second-order valence-electron chi connectivity index (χ2n) is 4.98. The highest BCUT2D eigenvalue weighted by Gasteiger charge is 1.95. The minimum Gasteiger partial charge on any atom is -0.377 e. The zero-order valence-electron chi connectivity index (χ0n) is 11.4. The number of hydrogen-bond donors (Lipinski definition) is 1. The van der Waals surface area contributed by atoms with E-state index in [1.165, 1.54) is 12.0 Å². The summed E-state index contributed by atoms with van der Waals surface area (Å²) in [6.07, 6.45) is 2.31. The van der Waals surface area contributed by atoms with Crippen molar-refractivity contribution in [1.82, 2.24) is 5.32 Å². The molecular weight excluding hydrogens is 290 g/mol. The lowest BCUT2D eigenvalue weighted by Gasteiger charge is -2.07. The van der Waals surface area contributed by atoms with Crippen LogP contribution in [0.2, 0.25) is 0 Å². The third-order valence-corrected chi connectivity index (χ3v) is 3.16. The highest BCUT2D eigenvalue weighted by molar-refractivity contribution is 9.10. The molecule has 0 amide bonds. The van der Waals surface area contributed by atoms with E-state index in [4.69, 9.17) is 4.74 Å². The van der Waals surface area contributed by atoms with E-state index >= 15 is 0 Å². The number of halogens is 1.